The highest BCUT2D eigenvalue weighted by molar-refractivity contribution is 5.98. The van der Waals surface area contributed by atoms with Crippen molar-refractivity contribution < 1.29 is 14.3 Å². The molecule has 2 aromatic carbocycles. The van der Waals surface area contributed by atoms with Gasteiger partial charge in [0.05, 0.1) is 19.3 Å². The van der Waals surface area contributed by atoms with E-state index in [2.05, 4.69) is 16.0 Å². The minimum Gasteiger partial charge on any atom is -0.495 e. The molecule has 2 aromatic rings. The molecule has 0 aromatic heterocycles. The van der Waals surface area contributed by atoms with Crippen LogP contribution in [0, 0.1) is 12.8 Å². The predicted molar refractivity (Wildman–Crippen MR) is 103 cm³/mol. The van der Waals surface area contributed by atoms with Crippen molar-refractivity contribution in [1.82, 2.24) is 0 Å². The van der Waals surface area contributed by atoms with Crippen LogP contribution in [0.1, 0.15) is 18.4 Å². The van der Waals surface area contributed by atoms with Gasteiger partial charge in [-0.3, -0.25) is 9.59 Å². The molecule has 0 aliphatic heterocycles. The molecule has 1 fully saturated rings. The topological polar surface area (TPSA) is 79.5 Å². The first-order chi connectivity index (χ1) is 12.6. The Labute approximate surface area is 152 Å². The van der Waals surface area contributed by atoms with Gasteiger partial charge in [-0.15, -0.1) is 0 Å². The molecule has 136 valence electrons. The lowest BCUT2D eigenvalue weighted by Gasteiger charge is -2.14. The minimum atomic E-state index is -0.176. The van der Waals surface area contributed by atoms with Crippen LogP contribution in [0.25, 0.3) is 0 Å². The molecule has 0 unspecified atom stereocenters. The van der Waals surface area contributed by atoms with Crippen molar-refractivity contribution in [3.63, 3.8) is 0 Å². The van der Waals surface area contributed by atoms with Crippen LogP contribution in [0.4, 0.5) is 17.1 Å². The molecule has 0 heterocycles. The predicted octanol–water partition coefficient (Wildman–Crippen LogP) is 3.40. The maximum Gasteiger partial charge on any atom is 0.243 e. The van der Waals surface area contributed by atoms with Crippen LogP contribution in [0.5, 0.6) is 5.75 Å². The van der Waals surface area contributed by atoms with E-state index in [1.54, 1.807) is 7.11 Å². The number of amides is 2. The Morgan fingerprint density at radius 2 is 1.65 bits per heavy atom. The lowest BCUT2D eigenvalue weighted by atomic mass is 10.1. The highest BCUT2D eigenvalue weighted by Crippen LogP contribution is 2.31. The molecule has 3 rings (SSSR count). The lowest BCUT2D eigenvalue weighted by molar-refractivity contribution is -0.117. The van der Waals surface area contributed by atoms with Crippen molar-refractivity contribution in [3.05, 3.63) is 48.0 Å². The molecule has 1 aliphatic rings. The van der Waals surface area contributed by atoms with E-state index >= 15 is 0 Å². The first-order valence-corrected chi connectivity index (χ1v) is 8.65. The van der Waals surface area contributed by atoms with Crippen LogP contribution in [0.3, 0.4) is 0 Å². The molecule has 6 nitrogen and oxygen atoms in total. The molecule has 0 atom stereocenters. The second-order valence-electron chi connectivity index (χ2n) is 6.34. The zero-order valence-corrected chi connectivity index (χ0v) is 15.0. The van der Waals surface area contributed by atoms with Gasteiger partial charge in [-0.05, 0) is 49.6 Å². The molecule has 1 aliphatic carbocycles. The van der Waals surface area contributed by atoms with Crippen molar-refractivity contribution >= 4 is 28.9 Å². The highest BCUT2D eigenvalue weighted by atomic mass is 16.5. The number of carbonyl (C=O) groups excluding carboxylic acids is 2. The average Bonchev–Trinajstić information content (AvgIpc) is 3.49. The maximum absolute atomic E-state index is 12.3. The van der Waals surface area contributed by atoms with Crippen LogP contribution < -0.4 is 20.7 Å². The Bertz CT molecular complexity index is 816. The van der Waals surface area contributed by atoms with E-state index in [1.807, 2.05) is 49.4 Å². The summed E-state index contributed by atoms with van der Waals surface area (Å²) in [5.41, 5.74) is 3.02. The third-order valence-corrected chi connectivity index (χ3v) is 4.36. The molecule has 2 amide bonds. The number of para-hydroxylation sites is 2. The first kappa shape index (κ1) is 17.8. The number of benzene rings is 2. The van der Waals surface area contributed by atoms with E-state index in [0.717, 1.165) is 29.8 Å². The SMILES string of the molecule is COc1ccccc1NCC(=O)Nc1cccc(NC(=O)C2CC2)c1C. The first-order valence-electron chi connectivity index (χ1n) is 8.65. The Morgan fingerprint density at radius 1 is 1.00 bits per heavy atom. The molecule has 0 radical (unpaired) electrons. The molecule has 0 bridgehead atoms. The molecule has 3 N–H and O–H groups in total. The summed E-state index contributed by atoms with van der Waals surface area (Å²) in [6.07, 6.45) is 1.91. The summed E-state index contributed by atoms with van der Waals surface area (Å²) in [7, 11) is 1.59. The van der Waals surface area contributed by atoms with Crippen LogP contribution in [-0.2, 0) is 9.59 Å². The third-order valence-electron chi connectivity index (χ3n) is 4.36. The van der Waals surface area contributed by atoms with Gasteiger partial charge >= 0.3 is 0 Å². The minimum absolute atomic E-state index is 0.0504. The fourth-order valence-electron chi connectivity index (χ4n) is 2.65. The summed E-state index contributed by atoms with van der Waals surface area (Å²) in [5, 5.41) is 8.89. The largest absolute Gasteiger partial charge is 0.495 e. The monoisotopic (exact) mass is 353 g/mol. The summed E-state index contributed by atoms with van der Waals surface area (Å²) in [4.78, 5) is 24.2. The molecule has 0 spiro atoms. The number of ether oxygens (including phenoxy) is 1. The van der Waals surface area contributed by atoms with Gasteiger partial charge in [-0.2, -0.15) is 0 Å². The van der Waals surface area contributed by atoms with Gasteiger partial charge < -0.3 is 20.7 Å². The molecular formula is C20H23N3O3. The van der Waals surface area contributed by atoms with Gasteiger partial charge in [0.2, 0.25) is 11.8 Å². The maximum atomic E-state index is 12.3. The van der Waals surface area contributed by atoms with Crippen LogP contribution in [-0.4, -0.2) is 25.5 Å². The zero-order valence-electron chi connectivity index (χ0n) is 15.0. The van der Waals surface area contributed by atoms with Gasteiger partial charge in [-0.1, -0.05) is 18.2 Å². The third kappa shape index (κ3) is 4.33. The van der Waals surface area contributed by atoms with E-state index in [0.29, 0.717) is 11.4 Å². The van der Waals surface area contributed by atoms with Gasteiger partial charge in [0, 0.05) is 17.3 Å². The van der Waals surface area contributed by atoms with E-state index in [4.69, 9.17) is 4.74 Å². The van der Waals surface area contributed by atoms with Gasteiger partial charge in [0.1, 0.15) is 5.75 Å². The van der Waals surface area contributed by atoms with E-state index in [-0.39, 0.29) is 24.3 Å². The summed E-state index contributed by atoms with van der Waals surface area (Å²) in [6, 6.07) is 12.9. The number of anilines is 3. The van der Waals surface area contributed by atoms with Gasteiger partial charge in [0.15, 0.2) is 0 Å². The summed E-state index contributed by atoms with van der Waals surface area (Å²) >= 11 is 0. The van der Waals surface area contributed by atoms with Crippen molar-refractivity contribution in [3.8, 4) is 5.75 Å². The Balaban J connectivity index is 1.61. The normalized spacial score (nSPS) is 13.0. The number of methoxy groups -OCH3 is 1. The Kier molecular flexibility index (Phi) is 5.41. The summed E-state index contributed by atoms with van der Waals surface area (Å²) < 4.78 is 5.26. The van der Waals surface area contributed by atoms with Crippen molar-refractivity contribution in [1.29, 1.82) is 0 Å². The van der Waals surface area contributed by atoms with E-state index in [9.17, 15) is 9.59 Å². The number of rotatable bonds is 7. The molecule has 0 saturated heterocycles. The highest BCUT2D eigenvalue weighted by Gasteiger charge is 2.29. The number of nitrogens with one attached hydrogen (secondary N) is 3. The molecule has 26 heavy (non-hydrogen) atoms. The van der Waals surface area contributed by atoms with Gasteiger partial charge in [-0.25, -0.2) is 0 Å². The molecule has 6 heteroatoms. The average molecular weight is 353 g/mol. The number of hydrogen-bond donors (Lipinski definition) is 3. The smallest absolute Gasteiger partial charge is 0.243 e. The Hall–Kier alpha value is -3.02. The van der Waals surface area contributed by atoms with E-state index < -0.39 is 0 Å². The summed E-state index contributed by atoms with van der Waals surface area (Å²) in [5.74, 6) is 0.693. The lowest BCUT2D eigenvalue weighted by Crippen LogP contribution is -2.22. The van der Waals surface area contributed by atoms with Crippen LogP contribution in [0.15, 0.2) is 42.5 Å². The second kappa shape index (κ2) is 7.91. The zero-order chi connectivity index (χ0) is 18.5. The Morgan fingerprint density at radius 3 is 2.35 bits per heavy atom. The second-order valence-corrected chi connectivity index (χ2v) is 6.34. The van der Waals surface area contributed by atoms with Crippen molar-refractivity contribution in [2.45, 2.75) is 19.8 Å². The van der Waals surface area contributed by atoms with Crippen LogP contribution >= 0.6 is 0 Å². The standard InChI is InChI=1S/C20H23N3O3/c1-13-15(7-5-8-16(13)23-20(25)14-10-11-14)22-19(24)12-21-17-6-3-4-9-18(17)26-2/h3-9,14,21H,10-12H2,1-2H3,(H,22,24)(H,23,25). The number of hydrogen-bond acceptors (Lipinski definition) is 4. The summed E-state index contributed by atoms with van der Waals surface area (Å²) in [6.45, 7) is 1.99. The fourth-order valence-corrected chi connectivity index (χ4v) is 2.65. The molecule has 1 saturated carbocycles. The fraction of sp³-hybridized carbons (Fsp3) is 0.300. The number of carbonyl (C=O) groups is 2. The van der Waals surface area contributed by atoms with Crippen molar-refractivity contribution in [2.75, 3.05) is 29.6 Å². The van der Waals surface area contributed by atoms with Crippen LogP contribution in [0.2, 0.25) is 0 Å². The van der Waals surface area contributed by atoms with E-state index in [1.165, 1.54) is 0 Å². The molecular weight excluding hydrogens is 330 g/mol. The van der Waals surface area contributed by atoms with Gasteiger partial charge in [0.25, 0.3) is 0 Å². The quantitative estimate of drug-likeness (QED) is 0.713. The van der Waals surface area contributed by atoms with Crippen molar-refractivity contribution in [2.24, 2.45) is 5.92 Å².